The van der Waals surface area contributed by atoms with Crippen molar-refractivity contribution in [1.29, 1.82) is 0 Å². The van der Waals surface area contributed by atoms with E-state index in [1.807, 2.05) is 19.3 Å². The number of carbonyl (C=O) groups is 1. The summed E-state index contributed by atoms with van der Waals surface area (Å²) in [6.07, 6.45) is 14.2. The van der Waals surface area contributed by atoms with Crippen LogP contribution in [0, 0.1) is 11.7 Å². The number of hydrogen-bond acceptors (Lipinski definition) is 4. The van der Waals surface area contributed by atoms with Crippen LogP contribution in [0.3, 0.4) is 0 Å². The Morgan fingerprint density at radius 1 is 1.03 bits per heavy atom. The summed E-state index contributed by atoms with van der Waals surface area (Å²) in [5.41, 5.74) is 1.66. The fourth-order valence-corrected chi connectivity index (χ4v) is 3.02. The summed E-state index contributed by atoms with van der Waals surface area (Å²) >= 11 is 0. The Kier molecular flexibility index (Phi) is 9.75. The van der Waals surface area contributed by atoms with E-state index in [9.17, 15) is 9.18 Å². The molecule has 158 valence electrons. The second kappa shape index (κ2) is 12.3. The Morgan fingerprint density at radius 3 is 2.31 bits per heavy atom. The predicted molar refractivity (Wildman–Crippen MR) is 114 cm³/mol. The lowest BCUT2D eigenvalue weighted by molar-refractivity contribution is -0.138. The molecule has 0 saturated heterocycles. The number of hydrogen-bond donors (Lipinski definition) is 0. The number of ether oxygens (including phenoxy) is 1. The molecule has 0 fully saturated rings. The van der Waals surface area contributed by atoms with E-state index in [1.54, 1.807) is 13.0 Å². The third-order valence-corrected chi connectivity index (χ3v) is 5.19. The van der Waals surface area contributed by atoms with Gasteiger partial charge in [-0.15, -0.1) is 0 Å². The highest BCUT2D eigenvalue weighted by Gasteiger charge is 2.16. The van der Waals surface area contributed by atoms with Gasteiger partial charge in [0.2, 0.25) is 0 Å². The zero-order valence-corrected chi connectivity index (χ0v) is 17.9. The summed E-state index contributed by atoms with van der Waals surface area (Å²) in [6, 6.07) is 4.44. The van der Waals surface area contributed by atoms with Crippen molar-refractivity contribution in [2.75, 3.05) is 0 Å². The van der Waals surface area contributed by atoms with Gasteiger partial charge in [0.1, 0.15) is 0 Å². The van der Waals surface area contributed by atoms with Crippen LogP contribution < -0.4 is 4.74 Å². The first-order chi connectivity index (χ1) is 14.0. The minimum absolute atomic E-state index is 0.0605. The highest BCUT2D eigenvalue weighted by Crippen LogP contribution is 2.24. The van der Waals surface area contributed by atoms with Crippen molar-refractivity contribution < 1.29 is 13.9 Å². The van der Waals surface area contributed by atoms with Crippen LogP contribution in [0.1, 0.15) is 77.7 Å². The molecule has 0 N–H and O–H groups in total. The van der Waals surface area contributed by atoms with Gasteiger partial charge in [0, 0.05) is 18.0 Å². The van der Waals surface area contributed by atoms with Crippen LogP contribution in [0.4, 0.5) is 4.39 Å². The summed E-state index contributed by atoms with van der Waals surface area (Å²) in [5.74, 6) is -0.872. The fourth-order valence-electron chi connectivity index (χ4n) is 3.02. The highest BCUT2D eigenvalue weighted by atomic mass is 19.1. The number of aromatic nitrogens is 2. The van der Waals surface area contributed by atoms with Crippen molar-refractivity contribution in [3.8, 4) is 17.1 Å². The molecule has 0 radical (unpaired) electrons. The number of esters is 1. The second-order valence-electron chi connectivity index (χ2n) is 7.66. The molecule has 1 atom stereocenters. The zero-order valence-electron chi connectivity index (χ0n) is 17.9. The Balaban J connectivity index is 1.87. The lowest BCUT2D eigenvalue weighted by atomic mass is 10.1. The van der Waals surface area contributed by atoms with Crippen LogP contribution in [-0.4, -0.2) is 15.9 Å². The molecule has 0 aliphatic rings. The van der Waals surface area contributed by atoms with Gasteiger partial charge in [-0.05, 0) is 43.0 Å². The monoisotopic (exact) mass is 400 g/mol. The van der Waals surface area contributed by atoms with Gasteiger partial charge in [0.25, 0.3) is 0 Å². The first-order valence-electron chi connectivity index (χ1n) is 10.9. The molecular weight excluding hydrogens is 367 g/mol. The molecule has 5 heteroatoms. The maximum absolute atomic E-state index is 14.3. The Bertz CT molecular complexity index is 762. The van der Waals surface area contributed by atoms with Gasteiger partial charge in [-0.25, -0.2) is 14.4 Å². The van der Waals surface area contributed by atoms with Crippen LogP contribution in [-0.2, 0) is 11.2 Å². The van der Waals surface area contributed by atoms with Gasteiger partial charge >= 0.3 is 5.97 Å². The molecule has 29 heavy (non-hydrogen) atoms. The van der Waals surface area contributed by atoms with E-state index < -0.39 is 11.8 Å². The van der Waals surface area contributed by atoms with E-state index in [-0.39, 0.29) is 11.7 Å². The molecule has 1 unspecified atom stereocenters. The second-order valence-corrected chi connectivity index (χ2v) is 7.66. The first kappa shape index (κ1) is 23.0. The maximum atomic E-state index is 14.3. The van der Waals surface area contributed by atoms with Crippen molar-refractivity contribution in [1.82, 2.24) is 9.97 Å². The average Bonchev–Trinajstić information content (AvgIpc) is 2.74. The van der Waals surface area contributed by atoms with Crippen molar-refractivity contribution in [3.63, 3.8) is 0 Å². The van der Waals surface area contributed by atoms with E-state index in [2.05, 4.69) is 16.9 Å². The first-order valence-corrected chi connectivity index (χ1v) is 10.9. The number of aryl methyl sites for hydroxylation is 1. The number of nitrogens with zero attached hydrogens (tertiary/aromatic N) is 2. The molecule has 0 amide bonds. The van der Waals surface area contributed by atoms with Crippen LogP contribution in [0.2, 0.25) is 0 Å². The smallest absolute Gasteiger partial charge is 0.314 e. The summed E-state index contributed by atoms with van der Waals surface area (Å²) in [7, 11) is 0. The molecule has 0 saturated carbocycles. The molecule has 2 rings (SSSR count). The molecule has 4 nitrogen and oxygen atoms in total. The molecule has 0 spiro atoms. The van der Waals surface area contributed by atoms with Crippen molar-refractivity contribution >= 4 is 5.97 Å². The van der Waals surface area contributed by atoms with Crippen molar-refractivity contribution in [2.24, 2.45) is 5.92 Å². The lowest BCUT2D eigenvalue weighted by Crippen LogP contribution is -2.17. The Labute approximate surface area is 173 Å². The molecule has 1 aromatic carbocycles. The highest BCUT2D eigenvalue weighted by molar-refractivity contribution is 5.75. The number of rotatable bonds is 12. The number of halogens is 1. The summed E-state index contributed by atoms with van der Waals surface area (Å²) in [6.45, 7) is 5.88. The lowest BCUT2D eigenvalue weighted by Gasteiger charge is -2.10. The van der Waals surface area contributed by atoms with Crippen LogP contribution in [0.25, 0.3) is 11.4 Å². The topological polar surface area (TPSA) is 52.1 Å². The maximum Gasteiger partial charge on any atom is 0.314 e. The molecular formula is C24H33FN2O2. The van der Waals surface area contributed by atoms with E-state index >= 15 is 0 Å². The number of unbranched alkanes of at least 4 members (excludes halogenated alkanes) is 6. The van der Waals surface area contributed by atoms with Gasteiger partial charge in [-0.3, -0.25) is 4.79 Å². The van der Waals surface area contributed by atoms with E-state index in [0.29, 0.717) is 17.8 Å². The van der Waals surface area contributed by atoms with Gasteiger partial charge in [0.05, 0.1) is 5.92 Å². The predicted octanol–water partition coefficient (Wildman–Crippen LogP) is 6.53. The molecule has 1 aromatic heterocycles. The van der Waals surface area contributed by atoms with E-state index in [1.165, 1.54) is 50.7 Å². The van der Waals surface area contributed by atoms with E-state index in [4.69, 9.17) is 4.74 Å². The largest absolute Gasteiger partial charge is 0.423 e. The minimum atomic E-state index is -0.588. The molecule has 0 bridgehead atoms. The average molecular weight is 401 g/mol. The minimum Gasteiger partial charge on any atom is -0.423 e. The van der Waals surface area contributed by atoms with E-state index in [0.717, 1.165) is 18.4 Å². The summed E-state index contributed by atoms with van der Waals surface area (Å²) < 4.78 is 19.5. The standard InChI is InChI=1S/C24H33FN2O2/c1-4-6-7-8-9-10-11-12-19-16-26-23(27-17-19)20-13-14-22(21(25)15-20)29-24(28)18(3)5-2/h13-18H,4-12H2,1-3H3. The van der Waals surface area contributed by atoms with Gasteiger partial charge in [-0.2, -0.15) is 0 Å². The van der Waals surface area contributed by atoms with Crippen molar-refractivity contribution in [2.45, 2.75) is 78.6 Å². The third kappa shape index (κ3) is 7.56. The Morgan fingerprint density at radius 2 is 1.69 bits per heavy atom. The van der Waals surface area contributed by atoms with Crippen LogP contribution in [0.15, 0.2) is 30.6 Å². The SMILES string of the molecule is CCCCCCCCCc1cnc(-c2ccc(OC(=O)C(C)CC)c(F)c2)nc1. The van der Waals surface area contributed by atoms with Gasteiger partial charge < -0.3 is 4.74 Å². The van der Waals surface area contributed by atoms with Crippen LogP contribution in [0.5, 0.6) is 5.75 Å². The molecule has 2 aromatic rings. The zero-order chi connectivity index (χ0) is 21.1. The molecule has 0 aliphatic carbocycles. The fraction of sp³-hybridized carbons (Fsp3) is 0.542. The third-order valence-electron chi connectivity index (χ3n) is 5.19. The number of benzene rings is 1. The Hall–Kier alpha value is -2.30. The van der Waals surface area contributed by atoms with Gasteiger partial charge in [0.15, 0.2) is 17.4 Å². The van der Waals surface area contributed by atoms with Gasteiger partial charge in [-0.1, -0.05) is 59.3 Å². The van der Waals surface area contributed by atoms with Crippen LogP contribution >= 0.6 is 0 Å². The molecule has 0 aliphatic heterocycles. The number of carbonyl (C=O) groups excluding carboxylic acids is 1. The normalized spacial score (nSPS) is 12.0. The summed E-state index contributed by atoms with van der Waals surface area (Å²) in [5, 5.41) is 0. The quantitative estimate of drug-likeness (QED) is 0.231. The van der Waals surface area contributed by atoms with Crippen molar-refractivity contribution in [3.05, 3.63) is 42.0 Å². The molecule has 1 heterocycles. The summed E-state index contributed by atoms with van der Waals surface area (Å²) in [4.78, 5) is 20.6.